The molecule has 0 saturated carbocycles. The van der Waals surface area contributed by atoms with Crippen LogP contribution in [0.1, 0.15) is 19.8 Å². The van der Waals surface area contributed by atoms with Crippen molar-refractivity contribution in [2.45, 2.75) is 19.8 Å². The van der Waals surface area contributed by atoms with E-state index in [1.807, 2.05) is 12.1 Å². The molecule has 7 nitrogen and oxygen atoms in total. The summed E-state index contributed by atoms with van der Waals surface area (Å²) in [4.78, 5) is 15.1. The standard InChI is InChI=1S/C22H25FN3O4/c1-3-4-14-28-30-19-7-5-6-18(21(19)27-2)25-10-12-26(13-11-25)22-17-9-8-16(23)15-20(17)29-24-22/h5-6,8-9,15H,3-4,10-14H2,1-2H3. The Balaban J connectivity index is 1.45. The number of ether oxygens (including phenoxy) is 1. The van der Waals surface area contributed by atoms with E-state index >= 15 is 0 Å². The topological polar surface area (TPSA) is 60.2 Å². The average Bonchev–Trinajstić information content (AvgIpc) is 3.19. The number of rotatable bonds is 8. The van der Waals surface area contributed by atoms with Gasteiger partial charge in [0.05, 0.1) is 24.8 Å². The van der Waals surface area contributed by atoms with Crippen LogP contribution in [0.25, 0.3) is 11.0 Å². The molecule has 1 aromatic heterocycles. The molecule has 3 aromatic rings. The Hall–Kier alpha value is -3.00. The van der Waals surface area contributed by atoms with E-state index in [0.717, 1.165) is 55.9 Å². The van der Waals surface area contributed by atoms with Gasteiger partial charge in [0.2, 0.25) is 5.75 Å². The molecule has 1 aliphatic heterocycles. The van der Waals surface area contributed by atoms with Gasteiger partial charge in [-0.05, 0) is 30.7 Å². The molecule has 1 saturated heterocycles. The quantitative estimate of drug-likeness (QED) is 0.311. The van der Waals surface area contributed by atoms with Crippen LogP contribution in [0.3, 0.4) is 0 Å². The number of benzene rings is 2. The predicted octanol–water partition coefficient (Wildman–Crippen LogP) is 4.21. The molecule has 0 N–H and O–H groups in total. The van der Waals surface area contributed by atoms with Crippen molar-refractivity contribution in [1.29, 1.82) is 0 Å². The molecule has 0 atom stereocenters. The fraction of sp³-hybridized carbons (Fsp3) is 0.409. The highest BCUT2D eigenvalue weighted by Crippen LogP contribution is 2.38. The lowest BCUT2D eigenvalue weighted by atomic mass is 10.2. The zero-order chi connectivity index (χ0) is 20.9. The van der Waals surface area contributed by atoms with Crippen molar-refractivity contribution in [3.63, 3.8) is 0 Å². The molecule has 159 valence electrons. The summed E-state index contributed by atoms with van der Waals surface area (Å²) in [6, 6.07) is 11.3. The second-order valence-electron chi connectivity index (χ2n) is 7.10. The fourth-order valence-electron chi connectivity index (χ4n) is 3.55. The summed E-state index contributed by atoms with van der Waals surface area (Å²) in [6.07, 6.45) is 1.96. The molecular weight excluding hydrogens is 389 g/mol. The van der Waals surface area contributed by atoms with E-state index in [0.29, 0.717) is 23.7 Å². The van der Waals surface area contributed by atoms with Gasteiger partial charge < -0.3 is 23.9 Å². The molecule has 0 amide bonds. The lowest BCUT2D eigenvalue weighted by molar-refractivity contribution is -0.208. The first-order valence-corrected chi connectivity index (χ1v) is 10.1. The van der Waals surface area contributed by atoms with E-state index in [4.69, 9.17) is 19.0 Å². The summed E-state index contributed by atoms with van der Waals surface area (Å²) in [5.41, 5.74) is 1.38. The third-order valence-corrected chi connectivity index (χ3v) is 5.16. The first-order valence-electron chi connectivity index (χ1n) is 10.1. The third kappa shape index (κ3) is 4.14. The Labute approximate surface area is 174 Å². The van der Waals surface area contributed by atoms with Crippen LogP contribution in [-0.2, 0) is 4.89 Å². The summed E-state index contributed by atoms with van der Waals surface area (Å²) in [7, 11) is 1.61. The summed E-state index contributed by atoms with van der Waals surface area (Å²) in [5, 5.41) is 4.97. The molecule has 0 spiro atoms. The van der Waals surface area contributed by atoms with Crippen molar-refractivity contribution in [2.75, 3.05) is 49.7 Å². The van der Waals surface area contributed by atoms with E-state index < -0.39 is 0 Å². The van der Waals surface area contributed by atoms with Crippen molar-refractivity contribution in [3.8, 4) is 11.5 Å². The Bertz CT molecular complexity index is 986. The number of halogens is 1. The molecule has 1 radical (unpaired) electrons. The number of methoxy groups -OCH3 is 1. The van der Waals surface area contributed by atoms with Crippen LogP contribution < -0.4 is 19.4 Å². The van der Waals surface area contributed by atoms with Crippen molar-refractivity contribution >= 4 is 22.5 Å². The van der Waals surface area contributed by atoms with Crippen LogP contribution in [0.5, 0.6) is 11.5 Å². The second kappa shape index (κ2) is 9.21. The Morgan fingerprint density at radius 1 is 1.17 bits per heavy atom. The molecule has 1 fully saturated rings. The van der Waals surface area contributed by atoms with Gasteiger partial charge in [0.25, 0.3) is 0 Å². The highest BCUT2D eigenvalue weighted by Gasteiger charge is 2.25. The van der Waals surface area contributed by atoms with Crippen molar-refractivity contribution in [2.24, 2.45) is 0 Å². The lowest BCUT2D eigenvalue weighted by Gasteiger charge is -2.36. The van der Waals surface area contributed by atoms with Gasteiger partial charge >= 0.3 is 0 Å². The molecule has 2 aromatic carbocycles. The summed E-state index contributed by atoms with van der Waals surface area (Å²) in [6.45, 7) is 5.61. The highest BCUT2D eigenvalue weighted by atomic mass is 19.1. The van der Waals surface area contributed by atoms with E-state index in [2.05, 4.69) is 27.9 Å². The summed E-state index contributed by atoms with van der Waals surface area (Å²) < 4.78 is 24.3. The molecule has 8 heteroatoms. The number of piperazine rings is 1. The normalized spacial score (nSPS) is 14.4. The molecule has 30 heavy (non-hydrogen) atoms. The zero-order valence-corrected chi connectivity index (χ0v) is 17.2. The Morgan fingerprint density at radius 2 is 1.97 bits per heavy atom. The Morgan fingerprint density at radius 3 is 2.73 bits per heavy atom. The second-order valence-corrected chi connectivity index (χ2v) is 7.10. The van der Waals surface area contributed by atoms with Gasteiger partial charge in [-0.25, -0.2) is 4.39 Å². The SMILES string of the molecule is CCCCOOc1[c]ccc(N2CCN(c3noc4cc(F)ccc34)CC2)c1OC. The van der Waals surface area contributed by atoms with Gasteiger partial charge in [0.15, 0.2) is 17.2 Å². The fourth-order valence-corrected chi connectivity index (χ4v) is 3.55. The molecule has 0 bridgehead atoms. The maximum absolute atomic E-state index is 13.4. The number of hydrogen-bond donors (Lipinski definition) is 0. The first kappa shape index (κ1) is 20.3. The Kier molecular flexibility index (Phi) is 6.23. The maximum atomic E-state index is 13.4. The molecular formula is C22H25FN3O4. The highest BCUT2D eigenvalue weighted by molar-refractivity contribution is 5.88. The summed E-state index contributed by atoms with van der Waals surface area (Å²) >= 11 is 0. The summed E-state index contributed by atoms with van der Waals surface area (Å²) in [5.74, 6) is 1.45. The van der Waals surface area contributed by atoms with Crippen LogP contribution in [-0.4, -0.2) is 45.1 Å². The minimum atomic E-state index is -0.334. The van der Waals surface area contributed by atoms with Gasteiger partial charge in [-0.2, -0.15) is 4.89 Å². The molecule has 4 rings (SSSR count). The molecule has 1 aliphatic rings. The maximum Gasteiger partial charge on any atom is 0.217 e. The third-order valence-electron chi connectivity index (χ3n) is 5.16. The van der Waals surface area contributed by atoms with Crippen LogP contribution in [0.2, 0.25) is 0 Å². The molecule has 2 heterocycles. The van der Waals surface area contributed by atoms with Gasteiger partial charge in [-0.3, -0.25) is 0 Å². The van der Waals surface area contributed by atoms with E-state index in [1.54, 1.807) is 13.2 Å². The van der Waals surface area contributed by atoms with E-state index in [9.17, 15) is 4.39 Å². The van der Waals surface area contributed by atoms with Crippen LogP contribution in [0.15, 0.2) is 34.9 Å². The number of hydrogen-bond acceptors (Lipinski definition) is 7. The number of fused-ring (bicyclic) bond motifs is 1. The predicted molar refractivity (Wildman–Crippen MR) is 112 cm³/mol. The van der Waals surface area contributed by atoms with E-state index in [-0.39, 0.29) is 5.82 Å². The molecule has 0 aliphatic carbocycles. The number of anilines is 2. The minimum Gasteiger partial charge on any atom is -0.491 e. The number of aromatic nitrogens is 1. The van der Waals surface area contributed by atoms with Crippen LogP contribution >= 0.6 is 0 Å². The minimum absolute atomic E-state index is 0.334. The smallest absolute Gasteiger partial charge is 0.217 e. The molecule has 0 unspecified atom stereocenters. The van der Waals surface area contributed by atoms with Crippen molar-refractivity contribution in [3.05, 3.63) is 42.2 Å². The van der Waals surface area contributed by atoms with Gasteiger partial charge in [0, 0.05) is 38.3 Å². The average molecular weight is 414 g/mol. The monoisotopic (exact) mass is 414 g/mol. The van der Waals surface area contributed by atoms with E-state index in [1.165, 1.54) is 12.1 Å². The van der Waals surface area contributed by atoms with Gasteiger partial charge in [-0.15, -0.1) is 0 Å². The van der Waals surface area contributed by atoms with Gasteiger partial charge in [0.1, 0.15) is 5.82 Å². The van der Waals surface area contributed by atoms with Gasteiger partial charge in [-0.1, -0.05) is 18.5 Å². The van der Waals surface area contributed by atoms with Crippen LogP contribution in [0, 0.1) is 11.9 Å². The number of nitrogens with zero attached hydrogens (tertiary/aromatic N) is 3. The number of unbranched alkanes of at least 4 members (excludes halogenated alkanes) is 1. The van der Waals surface area contributed by atoms with Crippen molar-refractivity contribution in [1.82, 2.24) is 5.16 Å². The van der Waals surface area contributed by atoms with Crippen LogP contribution in [0.4, 0.5) is 15.9 Å². The zero-order valence-electron chi connectivity index (χ0n) is 17.2. The largest absolute Gasteiger partial charge is 0.491 e. The first-order chi connectivity index (χ1) is 14.7. The lowest BCUT2D eigenvalue weighted by Crippen LogP contribution is -2.46. The van der Waals surface area contributed by atoms with Crippen molar-refractivity contribution < 1.29 is 23.4 Å².